The predicted molar refractivity (Wildman–Crippen MR) is 254 cm³/mol. The minimum atomic E-state index is -1.06. The van der Waals surface area contributed by atoms with Crippen LogP contribution < -0.4 is 21.7 Å². The van der Waals surface area contributed by atoms with E-state index < -0.39 is 54.2 Å². The van der Waals surface area contributed by atoms with Crippen molar-refractivity contribution >= 4 is 42.2 Å². The molecule has 2 heterocycles. The molecule has 0 aromatic heterocycles. The fraction of sp³-hybridized carbons (Fsp3) is 0.654. The van der Waals surface area contributed by atoms with Gasteiger partial charge in [-0.25, -0.2) is 0 Å². The number of nitrogens with one attached hydrogen (secondary N) is 3. The molecular formula is C52H75BN4O8. The van der Waals surface area contributed by atoms with E-state index in [9.17, 15) is 28.8 Å². The molecule has 9 atom stereocenters. The Morgan fingerprint density at radius 3 is 2.31 bits per heavy atom. The summed E-state index contributed by atoms with van der Waals surface area (Å²) in [6.07, 6.45) is 8.58. The average molecular weight is 895 g/mol. The van der Waals surface area contributed by atoms with Gasteiger partial charge >= 0.3 is 7.12 Å². The highest BCUT2D eigenvalue weighted by atomic mass is 16.7. The maximum Gasteiger partial charge on any atom is 0.461 e. The van der Waals surface area contributed by atoms with Gasteiger partial charge in [-0.05, 0) is 117 Å². The van der Waals surface area contributed by atoms with Crippen LogP contribution in [0.25, 0.3) is 11.1 Å². The summed E-state index contributed by atoms with van der Waals surface area (Å²) in [5, 5.41) is 8.77. The SMILES string of the molecule is CCCCc1ccc(-c2ccc(C(=O)C[C@@H](CCCCN)C(=O)N[C@H]3CCC(=O)NCCCC[C@@H](C(=O)C[C@@H](C)B4O[C@@H]5C[C@@H]6C[C@@H](C6(C)C)[C@]5(C)O4)NC(=O)[C@H](C)CC3=O)cc2)cc1. The molecule has 7 rings (SSSR count). The molecule has 13 heteroatoms. The molecule has 5 aliphatic rings. The average Bonchev–Trinajstić information content (AvgIpc) is 3.66. The van der Waals surface area contributed by atoms with Gasteiger partial charge in [0, 0.05) is 49.6 Å². The topological polar surface area (TPSA) is 183 Å². The standard InChI is InChI=1S/C52H75BN4O8/c1-7-8-13-35-16-18-36(19-17-35)37-20-22-38(23-21-37)43(58)30-39(14-9-11-26-54)50(63)57-42-24-25-48(61)55-27-12-10-15-41(56-49(62)33(2)28-44(42)59)45(60)29-34(3)53-64-47-32-40-31-46(51(40,4)5)52(47,6)65-53/h16-23,33-34,39-42,46-47H,7-15,24-32,54H2,1-6H3,(H,55,61)(H,56,62)(H,57,63)/t33-,34-,39-,40+,41+,42+,46+,47-,52+/m1/s1. The minimum absolute atomic E-state index is 0.000706. The fourth-order valence-corrected chi connectivity index (χ4v) is 10.8. The van der Waals surface area contributed by atoms with Gasteiger partial charge in [0.2, 0.25) is 17.7 Å². The van der Waals surface area contributed by atoms with Crippen molar-refractivity contribution in [3.8, 4) is 11.1 Å². The van der Waals surface area contributed by atoms with Gasteiger partial charge in [-0.1, -0.05) is 96.0 Å². The van der Waals surface area contributed by atoms with E-state index in [1.165, 1.54) is 5.56 Å². The Hall–Kier alpha value is -4.20. The van der Waals surface area contributed by atoms with Crippen molar-refractivity contribution in [1.82, 2.24) is 16.0 Å². The van der Waals surface area contributed by atoms with Crippen molar-refractivity contribution in [1.29, 1.82) is 0 Å². The van der Waals surface area contributed by atoms with E-state index in [-0.39, 0.29) is 66.9 Å². The molecule has 65 heavy (non-hydrogen) atoms. The summed E-state index contributed by atoms with van der Waals surface area (Å²) in [7, 11) is -0.519. The molecule has 0 spiro atoms. The number of carbonyl (C=O) groups is 6. The maximum atomic E-state index is 14.1. The van der Waals surface area contributed by atoms with Crippen molar-refractivity contribution in [2.75, 3.05) is 13.1 Å². The van der Waals surface area contributed by atoms with Crippen LogP contribution in [0.4, 0.5) is 0 Å². The largest absolute Gasteiger partial charge is 0.461 e. The smallest absolute Gasteiger partial charge is 0.405 e. The summed E-state index contributed by atoms with van der Waals surface area (Å²) in [5.74, 6) is -2.61. The molecule has 5 fully saturated rings. The first-order chi connectivity index (χ1) is 31.0. The molecule has 2 aromatic rings. The number of hydrogen-bond donors (Lipinski definition) is 4. The lowest BCUT2D eigenvalue weighted by molar-refractivity contribution is -0.199. The van der Waals surface area contributed by atoms with E-state index in [1.807, 2.05) is 19.1 Å². The molecule has 3 aliphatic carbocycles. The Balaban J connectivity index is 1.08. The highest BCUT2D eigenvalue weighted by Crippen LogP contribution is 2.66. The predicted octanol–water partition coefficient (Wildman–Crippen LogP) is 7.74. The van der Waals surface area contributed by atoms with Crippen LogP contribution in [0.3, 0.4) is 0 Å². The Morgan fingerprint density at radius 2 is 1.63 bits per heavy atom. The zero-order valence-electron chi connectivity index (χ0n) is 39.9. The minimum Gasteiger partial charge on any atom is -0.405 e. The van der Waals surface area contributed by atoms with Crippen LogP contribution in [0, 0.1) is 29.1 Å². The second-order valence-electron chi connectivity index (χ2n) is 20.5. The Labute approximate surface area is 387 Å². The fourth-order valence-electron chi connectivity index (χ4n) is 10.8. The van der Waals surface area contributed by atoms with Gasteiger partial charge in [0.1, 0.15) is 0 Å². The summed E-state index contributed by atoms with van der Waals surface area (Å²) in [5.41, 5.74) is 9.43. The van der Waals surface area contributed by atoms with Gasteiger partial charge in [-0.2, -0.15) is 0 Å². The Bertz CT molecular complexity index is 1990. The number of nitrogens with two attached hydrogens (primary N) is 1. The summed E-state index contributed by atoms with van der Waals surface area (Å²) in [6.45, 7) is 13.4. The number of aryl methyl sites for hydroxylation is 1. The van der Waals surface area contributed by atoms with Crippen molar-refractivity contribution < 1.29 is 38.1 Å². The van der Waals surface area contributed by atoms with Crippen LogP contribution in [0.2, 0.25) is 5.82 Å². The van der Waals surface area contributed by atoms with Gasteiger partial charge in [0.25, 0.3) is 0 Å². The number of amides is 3. The number of ketones is 3. The Morgan fingerprint density at radius 1 is 0.923 bits per heavy atom. The summed E-state index contributed by atoms with van der Waals surface area (Å²) >= 11 is 0. The second-order valence-corrected chi connectivity index (χ2v) is 20.5. The lowest BCUT2D eigenvalue weighted by Crippen LogP contribution is -2.65. The van der Waals surface area contributed by atoms with Crippen molar-refractivity contribution in [3.05, 3.63) is 59.7 Å². The zero-order chi connectivity index (χ0) is 46.9. The molecule has 2 aromatic carbocycles. The van der Waals surface area contributed by atoms with Crippen LogP contribution in [-0.2, 0) is 39.7 Å². The summed E-state index contributed by atoms with van der Waals surface area (Å²) in [4.78, 5) is 82.5. The second kappa shape index (κ2) is 22.5. The lowest BCUT2D eigenvalue weighted by atomic mass is 9.43. The molecule has 354 valence electrons. The van der Waals surface area contributed by atoms with Gasteiger partial charge < -0.3 is 31.0 Å². The van der Waals surface area contributed by atoms with E-state index in [4.69, 9.17) is 15.0 Å². The number of hydrogen-bond acceptors (Lipinski definition) is 9. The molecule has 5 N–H and O–H groups in total. The zero-order valence-corrected chi connectivity index (χ0v) is 39.9. The summed E-state index contributed by atoms with van der Waals surface area (Å²) < 4.78 is 13.1. The van der Waals surface area contributed by atoms with Gasteiger partial charge in [-0.3, -0.25) is 28.8 Å². The molecule has 0 radical (unpaired) electrons. The molecule has 2 saturated heterocycles. The van der Waals surface area contributed by atoms with Crippen LogP contribution in [0.15, 0.2) is 48.5 Å². The number of unbranched alkanes of at least 4 members (excludes halogenated alkanes) is 2. The molecule has 0 unspecified atom stereocenters. The Kier molecular flexibility index (Phi) is 17.4. The third-order valence-corrected chi connectivity index (χ3v) is 15.3. The van der Waals surface area contributed by atoms with Gasteiger partial charge in [0.05, 0.1) is 23.8 Å². The van der Waals surface area contributed by atoms with Gasteiger partial charge in [-0.15, -0.1) is 0 Å². The number of benzene rings is 2. The molecule has 3 saturated carbocycles. The van der Waals surface area contributed by atoms with Crippen LogP contribution in [0.1, 0.15) is 154 Å². The first-order valence-electron chi connectivity index (χ1n) is 24.7. The highest BCUT2D eigenvalue weighted by molar-refractivity contribution is 6.47. The number of rotatable bonds is 17. The van der Waals surface area contributed by atoms with Crippen molar-refractivity contribution in [2.24, 2.45) is 34.8 Å². The molecular weight excluding hydrogens is 819 g/mol. The first kappa shape index (κ1) is 50.2. The lowest BCUT2D eigenvalue weighted by Gasteiger charge is -2.64. The van der Waals surface area contributed by atoms with Crippen LogP contribution in [0.5, 0.6) is 0 Å². The van der Waals surface area contributed by atoms with Crippen LogP contribution >= 0.6 is 0 Å². The van der Waals surface area contributed by atoms with E-state index in [1.54, 1.807) is 19.1 Å². The maximum absolute atomic E-state index is 14.1. The third-order valence-electron chi connectivity index (χ3n) is 15.3. The molecule has 3 amide bonds. The quantitative estimate of drug-likeness (QED) is 0.0702. The van der Waals surface area contributed by atoms with E-state index >= 15 is 0 Å². The first-order valence-corrected chi connectivity index (χ1v) is 24.7. The summed E-state index contributed by atoms with van der Waals surface area (Å²) in [6, 6.07) is 14.1. The monoisotopic (exact) mass is 895 g/mol. The van der Waals surface area contributed by atoms with Gasteiger partial charge in [0.15, 0.2) is 17.3 Å². The number of carbonyl (C=O) groups excluding carboxylic acids is 6. The molecule has 2 bridgehead atoms. The van der Waals surface area contributed by atoms with E-state index in [0.717, 1.165) is 43.2 Å². The molecule has 12 nitrogen and oxygen atoms in total. The molecule has 2 aliphatic heterocycles. The normalized spacial score (nSPS) is 28.0. The van der Waals surface area contributed by atoms with Crippen LogP contribution in [-0.4, -0.2) is 79.1 Å². The van der Waals surface area contributed by atoms with Crippen molar-refractivity contribution in [3.63, 3.8) is 0 Å². The highest BCUT2D eigenvalue weighted by Gasteiger charge is 2.68. The van der Waals surface area contributed by atoms with E-state index in [2.05, 4.69) is 67.9 Å². The van der Waals surface area contributed by atoms with E-state index in [0.29, 0.717) is 69.0 Å². The number of Topliss-reactive ketones (excluding diaryl/α,β-unsaturated/α-hetero) is 3. The third kappa shape index (κ3) is 12.4. The van der Waals surface area contributed by atoms with Crippen molar-refractivity contribution in [2.45, 2.75) is 174 Å².